The predicted octanol–water partition coefficient (Wildman–Crippen LogP) is 1.38. The Morgan fingerprint density at radius 2 is 2.21 bits per heavy atom. The van der Waals surface area contributed by atoms with Crippen LogP contribution in [0.1, 0.15) is 19.8 Å². The molecule has 0 aliphatic carbocycles. The van der Waals surface area contributed by atoms with Gasteiger partial charge in [0.2, 0.25) is 6.79 Å². The number of benzene rings is 1. The first kappa shape index (κ1) is 13.5. The van der Waals surface area contributed by atoms with Gasteiger partial charge in [0, 0.05) is 6.07 Å². The Labute approximate surface area is 111 Å². The van der Waals surface area contributed by atoms with Crippen LogP contribution in [0.2, 0.25) is 0 Å². The lowest BCUT2D eigenvalue weighted by Gasteiger charge is -2.18. The first-order chi connectivity index (χ1) is 8.99. The van der Waals surface area contributed by atoms with Gasteiger partial charge in [-0.3, -0.25) is 4.79 Å². The number of hydrogen-bond acceptors (Lipinski definition) is 5. The van der Waals surface area contributed by atoms with Gasteiger partial charge < -0.3 is 25.1 Å². The summed E-state index contributed by atoms with van der Waals surface area (Å²) in [6, 6.07) is 5.31. The van der Waals surface area contributed by atoms with Gasteiger partial charge in [-0.05, 0) is 31.9 Å². The van der Waals surface area contributed by atoms with Gasteiger partial charge in [-0.2, -0.15) is 0 Å². The Bertz CT molecular complexity index is 472. The number of nitrogens with two attached hydrogens (primary N) is 1. The number of carboxylic acid groups (broad SMARTS) is 1. The number of rotatable bonds is 6. The number of hydrogen-bond donors (Lipinski definition) is 2. The van der Waals surface area contributed by atoms with Crippen molar-refractivity contribution < 1.29 is 24.1 Å². The molecule has 1 aromatic rings. The lowest BCUT2D eigenvalue weighted by atomic mass is 9.98. The molecule has 104 valence electrons. The van der Waals surface area contributed by atoms with E-state index in [0.717, 1.165) is 0 Å². The molecule has 0 saturated carbocycles. The molecule has 1 aliphatic rings. The van der Waals surface area contributed by atoms with E-state index in [1.165, 1.54) is 6.92 Å². The van der Waals surface area contributed by atoms with Crippen molar-refractivity contribution in [3.8, 4) is 17.2 Å². The van der Waals surface area contributed by atoms with Crippen molar-refractivity contribution in [3.05, 3.63) is 18.2 Å². The highest BCUT2D eigenvalue weighted by Crippen LogP contribution is 2.35. The van der Waals surface area contributed by atoms with Crippen molar-refractivity contribution in [1.82, 2.24) is 0 Å². The quantitative estimate of drug-likeness (QED) is 0.756. The minimum absolute atomic E-state index is 0.225. The van der Waals surface area contributed by atoms with Crippen molar-refractivity contribution in [1.29, 1.82) is 0 Å². The van der Waals surface area contributed by atoms with E-state index in [4.69, 9.17) is 25.1 Å². The molecule has 0 saturated heterocycles. The summed E-state index contributed by atoms with van der Waals surface area (Å²) in [5.41, 5.74) is 4.41. The van der Waals surface area contributed by atoms with Crippen LogP contribution in [0.3, 0.4) is 0 Å². The van der Waals surface area contributed by atoms with E-state index in [9.17, 15) is 4.79 Å². The molecule has 3 N–H and O–H groups in total. The number of aliphatic carboxylic acids is 1. The fourth-order valence-electron chi connectivity index (χ4n) is 1.70. The zero-order valence-corrected chi connectivity index (χ0v) is 10.7. The van der Waals surface area contributed by atoms with Crippen molar-refractivity contribution in [2.24, 2.45) is 5.73 Å². The Morgan fingerprint density at radius 1 is 1.47 bits per heavy atom. The summed E-state index contributed by atoms with van der Waals surface area (Å²) in [6.07, 6.45) is 0.917. The van der Waals surface area contributed by atoms with E-state index in [2.05, 4.69) is 0 Å². The van der Waals surface area contributed by atoms with E-state index in [-0.39, 0.29) is 6.79 Å². The molecule has 0 aromatic heterocycles. The molecule has 1 unspecified atom stereocenters. The highest BCUT2D eigenvalue weighted by Gasteiger charge is 2.26. The molecule has 19 heavy (non-hydrogen) atoms. The molecule has 6 nitrogen and oxygen atoms in total. The van der Waals surface area contributed by atoms with Crippen LogP contribution >= 0.6 is 0 Å². The molecular weight excluding hydrogens is 250 g/mol. The zero-order chi connectivity index (χ0) is 13.9. The van der Waals surface area contributed by atoms with Gasteiger partial charge in [0.1, 0.15) is 11.3 Å². The summed E-state index contributed by atoms with van der Waals surface area (Å²) >= 11 is 0. The molecule has 1 heterocycles. The first-order valence-electron chi connectivity index (χ1n) is 6.04. The van der Waals surface area contributed by atoms with E-state index in [1.807, 2.05) is 0 Å². The molecule has 1 atom stereocenters. The molecule has 0 bridgehead atoms. The summed E-state index contributed by atoms with van der Waals surface area (Å²) in [6.45, 7) is 2.12. The highest BCUT2D eigenvalue weighted by molar-refractivity contribution is 5.77. The third-order valence-electron chi connectivity index (χ3n) is 2.94. The molecule has 2 rings (SSSR count). The largest absolute Gasteiger partial charge is 0.493 e. The van der Waals surface area contributed by atoms with E-state index in [1.54, 1.807) is 18.2 Å². The second-order valence-corrected chi connectivity index (χ2v) is 4.69. The van der Waals surface area contributed by atoms with Crippen LogP contribution in [0.5, 0.6) is 17.2 Å². The van der Waals surface area contributed by atoms with Gasteiger partial charge in [0.05, 0.1) is 6.61 Å². The fraction of sp³-hybridized carbons (Fsp3) is 0.462. The Kier molecular flexibility index (Phi) is 3.80. The normalized spacial score (nSPS) is 15.9. The molecule has 0 fully saturated rings. The lowest BCUT2D eigenvalue weighted by molar-refractivity contribution is -0.142. The molecule has 6 heteroatoms. The van der Waals surface area contributed by atoms with Crippen molar-refractivity contribution in [2.75, 3.05) is 13.4 Å². The zero-order valence-electron chi connectivity index (χ0n) is 10.7. The summed E-state index contributed by atoms with van der Waals surface area (Å²) in [4.78, 5) is 10.8. The Balaban J connectivity index is 1.79. The number of carbonyl (C=O) groups is 1. The van der Waals surface area contributed by atoms with Gasteiger partial charge in [0.15, 0.2) is 11.5 Å². The lowest BCUT2D eigenvalue weighted by Crippen LogP contribution is -2.44. The molecule has 1 aromatic carbocycles. The van der Waals surface area contributed by atoms with E-state index >= 15 is 0 Å². The van der Waals surface area contributed by atoms with E-state index < -0.39 is 11.5 Å². The Morgan fingerprint density at radius 3 is 2.95 bits per heavy atom. The molecule has 0 radical (unpaired) electrons. The average Bonchev–Trinajstić information content (AvgIpc) is 2.81. The average molecular weight is 267 g/mol. The fourth-order valence-corrected chi connectivity index (χ4v) is 1.70. The van der Waals surface area contributed by atoms with Crippen LogP contribution in [0.25, 0.3) is 0 Å². The van der Waals surface area contributed by atoms with Gasteiger partial charge in [0.25, 0.3) is 0 Å². The first-order valence-corrected chi connectivity index (χ1v) is 6.04. The van der Waals surface area contributed by atoms with Crippen LogP contribution in [0, 0.1) is 0 Å². The second-order valence-electron chi connectivity index (χ2n) is 4.69. The minimum atomic E-state index is -1.21. The molecular formula is C13H17NO5. The number of ether oxygens (including phenoxy) is 3. The van der Waals surface area contributed by atoms with Crippen LogP contribution in [0.15, 0.2) is 18.2 Å². The van der Waals surface area contributed by atoms with Crippen LogP contribution < -0.4 is 19.9 Å². The third-order valence-corrected chi connectivity index (χ3v) is 2.94. The molecule has 0 amide bonds. The summed E-state index contributed by atoms with van der Waals surface area (Å²) in [7, 11) is 0. The van der Waals surface area contributed by atoms with E-state index in [0.29, 0.717) is 36.7 Å². The van der Waals surface area contributed by atoms with Crippen LogP contribution in [-0.4, -0.2) is 30.0 Å². The maximum absolute atomic E-state index is 10.8. The monoisotopic (exact) mass is 267 g/mol. The van der Waals surface area contributed by atoms with Gasteiger partial charge in [-0.15, -0.1) is 0 Å². The molecule has 1 aliphatic heterocycles. The van der Waals surface area contributed by atoms with Gasteiger partial charge in [-0.25, -0.2) is 0 Å². The maximum atomic E-state index is 10.8. The van der Waals surface area contributed by atoms with Gasteiger partial charge >= 0.3 is 5.97 Å². The smallest absolute Gasteiger partial charge is 0.323 e. The second kappa shape index (κ2) is 5.36. The SMILES string of the molecule is CC(N)(CCCOc1ccc2c(c1)OCO2)C(=O)O. The highest BCUT2D eigenvalue weighted by atomic mass is 16.7. The molecule has 0 spiro atoms. The maximum Gasteiger partial charge on any atom is 0.323 e. The third kappa shape index (κ3) is 3.29. The van der Waals surface area contributed by atoms with Crippen LogP contribution in [-0.2, 0) is 4.79 Å². The number of carboxylic acids is 1. The van der Waals surface area contributed by atoms with Crippen molar-refractivity contribution >= 4 is 5.97 Å². The minimum Gasteiger partial charge on any atom is -0.493 e. The Hall–Kier alpha value is -1.95. The van der Waals surface area contributed by atoms with Gasteiger partial charge in [-0.1, -0.05) is 0 Å². The topological polar surface area (TPSA) is 91.0 Å². The van der Waals surface area contributed by atoms with Crippen molar-refractivity contribution in [2.45, 2.75) is 25.3 Å². The standard InChI is InChI=1S/C13H17NO5/c1-13(14,12(15)16)5-2-6-17-9-3-4-10-11(7-9)19-8-18-10/h3-4,7H,2,5-6,8,14H2,1H3,(H,15,16). The number of fused-ring (bicyclic) bond motifs is 1. The van der Waals surface area contributed by atoms with Crippen molar-refractivity contribution in [3.63, 3.8) is 0 Å². The predicted molar refractivity (Wildman–Crippen MR) is 67.5 cm³/mol. The summed E-state index contributed by atoms with van der Waals surface area (Å²) in [5.74, 6) is 1.02. The van der Waals surface area contributed by atoms with Crippen LogP contribution in [0.4, 0.5) is 0 Å². The summed E-state index contributed by atoms with van der Waals surface area (Å²) in [5, 5.41) is 8.87. The summed E-state index contributed by atoms with van der Waals surface area (Å²) < 4.78 is 15.9.